The van der Waals surface area contributed by atoms with Gasteiger partial charge < -0.3 is 10.6 Å². The van der Waals surface area contributed by atoms with Gasteiger partial charge in [0, 0.05) is 6.54 Å². The Labute approximate surface area is 131 Å². The van der Waals surface area contributed by atoms with Gasteiger partial charge in [0.1, 0.15) is 0 Å². The van der Waals surface area contributed by atoms with Crippen molar-refractivity contribution in [3.8, 4) is 0 Å². The molecule has 0 saturated heterocycles. The van der Waals surface area contributed by atoms with E-state index in [-0.39, 0.29) is 12.1 Å². The van der Waals surface area contributed by atoms with Crippen LogP contribution in [0.15, 0.2) is 54.6 Å². The normalized spacial score (nSPS) is 15.1. The lowest BCUT2D eigenvalue weighted by molar-refractivity contribution is 0.238. The zero-order valence-corrected chi connectivity index (χ0v) is 12.9. The molecule has 3 heteroatoms. The molecule has 1 fully saturated rings. The summed E-state index contributed by atoms with van der Waals surface area (Å²) in [4.78, 5) is 12.2. The van der Waals surface area contributed by atoms with Gasteiger partial charge in [-0.2, -0.15) is 0 Å². The third kappa shape index (κ3) is 3.88. The highest BCUT2D eigenvalue weighted by atomic mass is 16.2. The van der Waals surface area contributed by atoms with E-state index >= 15 is 0 Å². The molecule has 0 radical (unpaired) electrons. The van der Waals surface area contributed by atoms with Crippen LogP contribution in [0, 0.1) is 12.8 Å². The molecular formula is C19H22N2O. The highest BCUT2D eigenvalue weighted by Gasteiger charge is 2.22. The Morgan fingerprint density at radius 2 is 1.68 bits per heavy atom. The molecule has 1 aliphatic carbocycles. The van der Waals surface area contributed by atoms with Crippen molar-refractivity contribution in [2.45, 2.75) is 25.8 Å². The topological polar surface area (TPSA) is 41.1 Å². The van der Waals surface area contributed by atoms with Gasteiger partial charge in [0.25, 0.3) is 0 Å². The van der Waals surface area contributed by atoms with E-state index in [1.54, 1.807) is 0 Å². The molecule has 0 aromatic heterocycles. The average molecular weight is 294 g/mol. The van der Waals surface area contributed by atoms with Crippen molar-refractivity contribution in [1.29, 1.82) is 0 Å². The zero-order chi connectivity index (χ0) is 15.4. The molecule has 1 saturated carbocycles. The Balaban J connectivity index is 1.76. The molecular weight excluding hydrogens is 272 g/mol. The molecule has 0 unspecified atom stereocenters. The van der Waals surface area contributed by atoms with Gasteiger partial charge in [-0.15, -0.1) is 0 Å². The highest BCUT2D eigenvalue weighted by Crippen LogP contribution is 2.27. The zero-order valence-electron chi connectivity index (χ0n) is 12.9. The van der Waals surface area contributed by atoms with Gasteiger partial charge in [-0.1, -0.05) is 60.2 Å². The van der Waals surface area contributed by atoms with Crippen LogP contribution in [0.3, 0.4) is 0 Å². The summed E-state index contributed by atoms with van der Waals surface area (Å²) in [6, 6.07) is 18.2. The second kappa shape index (κ2) is 6.65. The summed E-state index contributed by atoms with van der Waals surface area (Å²) in [6.45, 7) is 2.85. The smallest absolute Gasteiger partial charge is 0.315 e. The molecule has 114 valence electrons. The van der Waals surface area contributed by atoms with Gasteiger partial charge in [0.15, 0.2) is 0 Å². The van der Waals surface area contributed by atoms with Crippen molar-refractivity contribution in [3.63, 3.8) is 0 Å². The number of urea groups is 1. The number of aryl methyl sites for hydroxylation is 1. The predicted octanol–water partition coefficient (Wildman–Crippen LogP) is 3.79. The van der Waals surface area contributed by atoms with Crippen molar-refractivity contribution >= 4 is 6.03 Å². The molecule has 3 nitrogen and oxygen atoms in total. The maximum absolute atomic E-state index is 12.2. The van der Waals surface area contributed by atoms with Crippen molar-refractivity contribution in [1.82, 2.24) is 10.6 Å². The van der Waals surface area contributed by atoms with E-state index in [1.807, 2.05) is 30.3 Å². The van der Waals surface area contributed by atoms with Gasteiger partial charge in [-0.3, -0.25) is 0 Å². The maximum Gasteiger partial charge on any atom is 0.315 e. The SMILES string of the molecule is Cc1ccc([C@@H](NC(=O)NCC2CC2)c2ccccc2)cc1. The van der Waals surface area contributed by atoms with Gasteiger partial charge in [0.2, 0.25) is 0 Å². The first kappa shape index (κ1) is 14.6. The molecule has 0 bridgehead atoms. The molecule has 22 heavy (non-hydrogen) atoms. The molecule has 0 spiro atoms. The van der Waals surface area contributed by atoms with Crippen molar-refractivity contribution in [2.75, 3.05) is 6.54 Å². The fraction of sp³-hybridized carbons (Fsp3) is 0.316. The lowest BCUT2D eigenvalue weighted by Crippen LogP contribution is -2.39. The first-order valence-corrected chi connectivity index (χ1v) is 7.88. The summed E-state index contributed by atoms with van der Waals surface area (Å²) in [5, 5.41) is 6.08. The van der Waals surface area contributed by atoms with E-state index in [0.717, 1.165) is 17.7 Å². The maximum atomic E-state index is 12.2. The van der Waals surface area contributed by atoms with Crippen molar-refractivity contribution in [2.24, 2.45) is 5.92 Å². The van der Waals surface area contributed by atoms with E-state index in [4.69, 9.17) is 0 Å². The second-order valence-corrected chi connectivity index (χ2v) is 6.05. The Hall–Kier alpha value is -2.29. The minimum absolute atomic E-state index is 0.0960. The third-order valence-electron chi connectivity index (χ3n) is 4.07. The van der Waals surface area contributed by atoms with Gasteiger partial charge >= 0.3 is 6.03 Å². The predicted molar refractivity (Wildman–Crippen MR) is 88.7 cm³/mol. The quantitative estimate of drug-likeness (QED) is 0.865. The van der Waals surface area contributed by atoms with Crippen LogP contribution < -0.4 is 10.6 Å². The number of hydrogen-bond acceptors (Lipinski definition) is 1. The molecule has 1 aliphatic rings. The van der Waals surface area contributed by atoms with Crippen LogP contribution in [0.2, 0.25) is 0 Å². The Morgan fingerprint density at radius 1 is 1.05 bits per heavy atom. The van der Waals surface area contributed by atoms with Crippen molar-refractivity contribution in [3.05, 3.63) is 71.3 Å². The van der Waals surface area contributed by atoms with Gasteiger partial charge in [-0.25, -0.2) is 4.79 Å². The first-order chi connectivity index (χ1) is 10.7. The lowest BCUT2D eigenvalue weighted by atomic mass is 9.98. The number of amides is 2. The standard InChI is InChI=1S/C19H22N2O/c1-14-7-11-17(12-8-14)18(16-5-3-2-4-6-16)21-19(22)20-13-15-9-10-15/h2-8,11-12,15,18H,9-10,13H2,1H3,(H2,20,21,22)/t18-/m0/s1. The van der Waals surface area contributed by atoms with E-state index in [1.165, 1.54) is 18.4 Å². The largest absolute Gasteiger partial charge is 0.338 e. The average Bonchev–Trinajstić information content (AvgIpc) is 3.37. The fourth-order valence-electron chi connectivity index (χ4n) is 2.50. The number of hydrogen-bond donors (Lipinski definition) is 2. The molecule has 2 N–H and O–H groups in total. The molecule has 2 aromatic carbocycles. The van der Waals surface area contributed by atoms with E-state index in [9.17, 15) is 4.79 Å². The van der Waals surface area contributed by atoms with Crippen LogP contribution in [-0.2, 0) is 0 Å². The molecule has 3 rings (SSSR count). The van der Waals surface area contributed by atoms with Gasteiger partial charge in [0.05, 0.1) is 6.04 Å². The van der Waals surface area contributed by atoms with Gasteiger partial charge in [-0.05, 0) is 36.8 Å². The number of nitrogens with one attached hydrogen (secondary N) is 2. The van der Waals surface area contributed by atoms with Crippen LogP contribution >= 0.6 is 0 Å². The minimum Gasteiger partial charge on any atom is -0.338 e. The molecule has 0 aliphatic heterocycles. The molecule has 1 atom stereocenters. The van der Waals surface area contributed by atoms with Crippen LogP contribution in [-0.4, -0.2) is 12.6 Å². The van der Waals surface area contributed by atoms with Crippen LogP contribution in [0.4, 0.5) is 4.79 Å². The summed E-state index contributed by atoms with van der Waals surface area (Å²) in [5.41, 5.74) is 3.40. The van der Waals surface area contributed by atoms with Crippen LogP contribution in [0.25, 0.3) is 0 Å². The van der Waals surface area contributed by atoms with E-state index in [2.05, 4.69) is 41.8 Å². The lowest BCUT2D eigenvalue weighted by Gasteiger charge is -2.20. The summed E-state index contributed by atoms with van der Waals surface area (Å²) in [6.07, 6.45) is 2.47. The minimum atomic E-state index is -0.124. The molecule has 2 aromatic rings. The molecule has 2 amide bonds. The van der Waals surface area contributed by atoms with Crippen LogP contribution in [0.1, 0.15) is 35.6 Å². The second-order valence-electron chi connectivity index (χ2n) is 6.05. The van der Waals surface area contributed by atoms with Crippen LogP contribution in [0.5, 0.6) is 0 Å². The summed E-state index contributed by atoms with van der Waals surface area (Å²) in [5.74, 6) is 0.681. The highest BCUT2D eigenvalue weighted by molar-refractivity contribution is 5.75. The van der Waals surface area contributed by atoms with E-state index in [0.29, 0.717) is 5.92 Å². The third-order valence-corrected chi connectivity index (χ3v) is 4.07. The molecule has 0 heterocycles. The number of carbonyl (C=O) groups is 1. The van der Waals surface area contributed by atoms with E-state index < -0.39 is 0 Å². The summed E-state index contributed by atoms with van der Waals surface area (Å²) in [7, 11) is 0. The number of rotatable bonds is 5. The van der Waals surface area contributed by atoms with Crippen molar-refractivity contribution < 1.29 is 4.79 Å². The summed E-state index contributed by atoms with van der Waals surface area (Å²) >= 11 is 0. The fourth-order valence-corrected chi connectivity index (χ4v) is 2.50. The summed E-state index contributed by atoms with van der Waals surface area (Å²) < 4.78 is 0. The number of carbonyl (C=O) groups excluding carboxylic acids is 1. The Kier molecular flexibility index (Phi) is 4.42. The first-order valence-electron chi connectivity index (χ1n) is 7.88. The number of benzene rings is 2. The Morgan fingerprint density at radius 3 is 2.32 bits per heavy atom. The monoisotopic (exact) mass is 294 g/mol. The Bertz CT molecular complexity index is 618.